The summed E-state index contributed by atoms with van der Waals surface area (Å²) in [6, 6.07) is 14.6. The molecule has 130 valence electrons. The molecule has 0 bridgehead atoms. The summed E-state index contributed by atoms with van der Waals surface area (Å²) in [6.07, 6.45) is 0.910. The van der Waals surface area contributed by atoms with E-state index < -0.39 is 5.92 Å². The van der Waals surface area contributed by atoms with E-state index in [1.165, 1.54) is 11.0 Å². The molecule has 1 N–H and O–H groups in total. The van der Waals surface area contributed by atoms with Crippen LogP contribution in [-0.2, 0) is 16.0 Å². The van der Waals surface area contributed by atoms with Crippen molar-refractivity contribution in [2.45, 2.75) is 19.8 Å². The number of benzene rings is 2. The number of carbonyl (C=O) groups excluding carboxylic acids is 2. The molecule has 4 nitrogen and oxygen atoms in total. The molecule has 0 radical (unpaired) electrons. The SMILES string of the molecule is Cc1ccc(N2CC(C(=O)NCCc3ccccc3)CC2=O)cc1F. The van der Waals surface area contributed by atoms with Crippen molar-refractivity contribution < 1.29 is 14.0 Å². The van der Waals surface area contributed by atoms with E-state index in [4.69, 9.17) is 0 Å². The van der Waals surface area contributed by atoms with Crippen molar-refractivity contribution in [1.82, 2.24) is 5.32 Å². The Morgan fingerprint density at radius 3 is 2.72 bits per heavy atom. The minimum Gasteiger partial charge on any atom is -0.355 e. The van der Waals surface area contributed by atoms with Gasteiger partial charge in [-0.05, 0) is 36.6 Å². The first-order valence-corrected chi connectivity index (χ1v) is 8.43. The van der Waals surface area contributed by atoms with Crippen LogP contribution in [0.4, 0.5) is 10.1 Å². The summed E-state index contributed by atoms with van der Waals surface area (Å²) in [6.45, 7) is 2.50. The molecule has 2 aromatic rings. The average molecular weight is 340 g/mol. The van der Waals surface area contributed by atoms with Crippen molar-refractivity contribution in [3.63, 3.8) is 0 Å². The number of rotatable bonds is 5. The summed E-state index contributed by atoms with van der Waals surface area (Å²) < 4.78 is 13.7. The highest BCUT2D eigenvalue weighted by Gasteiger charge is 2.35. The van der Waals surface area contributed by atoms with Gasteiger partial charge in [0.05, 0.1) is 5.92 Å². The standard InChI is InChI=1S/C20H21FN2O2/c1-14-7-8-17(12-18(14)21)23-13-16(11-19(23)24)20(25)22-10-9-15-5-3-2-4-6-15/h2-8,12,16H,9-11,13H2,1H3,(H,22,25). The van der Waals surface area contributed by atoms with Gasteiger partial charge in [-0.15, -0.1) is 0 Å². The molecule has 0 aliphatic carbocycles. The number of nitrogens with one attached hydrogen (secondary N) is 1. The monoisotopic (exact) mass is 340 g/mol. The topological polar surface area (TPSA) is 49.4 Å². The van der Waals surface area contributed by atoms with Gasteiger partial charge in [-0.1, -0.05) is 36.4 Å². The lowest BCUT2D eigenvalue weighted by molar-refractivity contribution is -0.126. The second-order valence-electron chi connectivity index (χ2n) is 6.37. The molecule has 3 rings (SSSR count). The van der Waals surface area contributed by atoms with Crippen LogP contribution in [0.25, 0.3) is 0 Å². The number of hydrogen-bond acceptors (Lipinski definition) is 2. The molecule has 5 heteroatoms. The second-order valence-corrected chi connectivity index (χ2v) is 6.37. The zero-order valence-electron chi connectivity index (χ0n) is 14.2. The van der Waals surface area contributed by atoms with Gasteiger partial charge in [0, 0.05) is 25.2 Å². The predicted octanol–water partition coefficient (Wildman–Crippen LogP) is 2.85. The molecule has 0 saturated carbocycles. The molecule has 2 amide bonds. The zero-order chi connectivity index (χ0) is 17.8. The Hall–Kier alpha value is -2.69. The predicted molar refractivity (Wildman–Crippen MR) is 94.8 cm³/mol. The second kappa shape index (κ2) is 7.47. The van der Waals surface area contributed by atoms with Crippen molar-refractivity contribution in [2.75, 3.05) is 18.0 Å². The Morgan fingerprint density at radius 1 is 1.24 bits per heavy atom. The van der Waals surface area contributed by atoms with Crippen LogP contribution in [0.3, 0.4) is 0 Å². The maximum atomic E-state index is 13.7. The third kappa shape index (κ3) is 4.05. The summed E-state index contributed by atoms with van der Waals surface area (Å²) in [4.78, 5) is 26.0. The maximum absolute atomic E-state index is 13.7. The fourth-order valence-corrected chi connectivity index (χ4v) is 3.00. The van der Waals surface area contributed by atoms with Gasteiger partial charge in [-0.3, -0.25) is 9.59 Å². The van der Waals surface area contributed by atoms with E-state index in [2.05, 4.69) is 5.32 Å². The molecule has 1 aliphatic rings. The first-order valence-electron chi connectivity index (χ1n) is 8.43. The van der Waals surface area contributed by atoms with Crippen LogP contribution < -0.4 is 10.2 Å². The molecule has 1 fully saturated rings. The number of aryl methyl sites for hydroxylation is 1. The number of carbonyl (C=O) groups is 2. The van der Waals surface area contributed by atoms with Gasteiger partial charge in [-0.25, -0.2) is 4.39 Å². The van der Waals surface area contributed by atoms with Crippen LogP contribution >= 0.6 is 0 Å². The van der Waals surface area contributed by atoms with E-state index in [0.29, 0.717) is 24.3 Å². The minimum absolute atomic E-state index is 0.126. The normalized spacial score (nSPS) is 17.0. The van der Waals surface area contributed by atoms with Crippen molar-refractivity contribution in [2.24, 2.45) is 5.92 Å². The van der Waals surface area contributed by atoms with E-state index in [9.17, 15) is 14.0 Å². The highest BCUT2D eigenvalue weighted by molar-refractivity contribution is 6.00. The summed E-state index contributed by atoms with van der Waals surface area (Å²) in [5, 5.41) is 2.89. The Bertz CT molecular complexity index is 777. The quantitative estimate of drug-likeness (QED) is 0.910. The lowest BCUT2D eigenvalue weighted by Crippen LogP contribution is -2.34. The van der Waals surface area contributed by atoms with Crippen LogP contribution in [0.1, 0.15) is 17.5 Å². The maximum Gasteiger partial charge on any atom is 0.227 e. The Kier molecular flexibility index (Phi) is 5.12. The van der Waals surface area contributed by atoms with Crippen LogP contribution in [-0.4, -0.2) is 24.9 Å². The third-order valence-corrected chi connectivity index (χ3v) is 4.52. The van der Waals surface area contributed by atoms with Gasteiger partial charge in [-0.2, -0.15) is 0 Å². The van der Waals surface area contributed by atoms with E-state index in [-0.39, 0.29) is 24.1 Å². The molecule has 1 saturated heterocycles. The first kappa shape index (κ1) is 17.1. The lowest BCUT2D eigenvalue weighted by Gasteiger charge is -2.17. The highest BCUT2D eigenvalue weighted by Crippen LogP contribution is 2.26. The largest absolute Gasteiger partial charge is 0.355 e. The molecule has 1 aliphatic heterocycles. The van der Waals surface area contributed by atoms with E-state index in [0.717, 1.165) is 12.0 Å². The van der Waals surface area contributed by atoms with Gasteiger partial charge < -0.3 is 10.2 Å². The van der Waals surface area contributed by atoms with Gasteiger partial charge in [0.25, 0.3) is 0 Å². The van der Waals surface area contributed by atoms with Crippen LogP contribution in [0.2, 0.25) is 0 Å². The molecular weight excluding hydrogens is 319 g/mol. The molecule has 1 atom stereocenters. The van der Waals surface area contributed by atoms with Crippen LogP contribution in [0, 0.1) is 18.7 Å². The Labute approximate surface area is 146 Å². The van der Waals surface area contributed by atoms with E-state index in [1.807, 2.05) is 30.3 Å². The number of amides is 2. The number of hydrogen-bond donors (Lipinski definition) is 1. The zero-order valence-corrected chi connectivity index (χ0v) is 14.2. The van der Waals surface area contributed by atoms with Gasteiger partial charge >= 0.3 is 0 Å². The fourth-order valence-electron chi connectivity index (χ4n) is 3.00. The summed E-state index contributed by atoms with van der Waals surface area (Å²) in [5.74, 6) is -1.01. The average Bonchev–Trinajstić information content (AvgIpc) is 3.00. The van der Waals surface area contributed by atoms with Crippen LogP contribution in [0.15, 0.2) is 48.5 Å². The number of anilines is 1. The number of halogens is 1. The summed E-state index contributed by atoms with van der Waals surface area (Å²) in [5.41, 5.74) is 2.19. The molecule has 1 heterocycles. The minimum atomic E-state index is -0.396. The van der Waals surface area contributed by atoms with Gasteiger partial charge in [0.1, 0.15) is 5.82 Å². The van der Waals surface area contributed by atoms with Crippen molar-refractivity contribution >= 4 is 17.5 Å². The molecule has 2 aromatic carbocycles. The van der Waals surface area contributed by atoms with Gasteiger partial charge in [0.2, 0.25) is 11.8 Å². The summed E-state index contributed by atoms with van der Waals surface area (Å²) >= 11 is 0. The Morgan fingerprint density at radius 2 is 2.00 bits per heavy atom. The smallest absolute Gasteiger partial charge is 0.227 e. The lowest BCUT2D eigenvalue weighted by atomic mass is 10.1. The fraction of sp³-hybridized carbons (Fsp3) is 0.300. The van der Waals surface area contributed by atoms with Gasteiger partial charge in [0.15, 0.2) is 0 Å². The molecular formula is C20H21FN2O2. The highest BCUT2D eigenvalue weighted by atomic mass is 19.1. The molecule has 1 unspecified atom stereocenters. The van der Waals surface area contributed by atoms with Crippen molar-refractivity contribution in [3.8, 4) is 0 Å². The van der Waals surface area contributed by atoms with E-state index >= 15 is 0 Å². The molecule has 0 aromatic heterocycles. The van der Waals surface area contributed by atoms with Crippen molar-refractivity contribution in [3.05, 3.63) is 65.5 Å². The van der Waals surface area contributed by atoms with E-state index in [1.54, 1.807) is 19.1 Å². The summed E-state index contributed by atoms with van der Waals surface area (Å²) in [7, 11) is 0. The van der Waals surface area contributed by atoms with Crippen molar-refractivity contribution in [1.29, 1.82) is 0 Å². The number of nitrogens with zero attached hydrogens (tertiary/aromatic N) is 1. The van der Waals surface area contributed by atoms with Crippen LogP contribution in [0.5, 0.6) is 0 Å². The molecule has 25 heavy (non-hydrogen) atoms. The third-order valence-electron chi connectivity index (χ3n) is 4.52. The first-order chi connectivity index (χ1) is 12.0. The molecule has 0 spiro atoms. The Balaban J connectivity index is 1.56.